The van der Waals surface area contributed by atoms with Gasteiger partial charge in [-0.25, -0.2) is 0 Å². The number of benzene rings is 3. The maximum absolute atomic E-state index is 11.7. The lowest BCUT2D eigenvalue weighted by Gasteiger charge is -2.09. The number of carbonyl (C=O) groups excluding carboxylic acids is 1. The summed E-state index contributed by atoms with van der Waals surface area (Å²) >= 11 is 1.65. The van der Waals surface area contributed by atoms with E-state index in [1.54, 1.807) is 11.8 Å². The molecule has 0 unspecified atom stereocenters. The molecule has 3 rings (SSSR count). The molecule has 0 aromatic heterocycles. The van der Waals surface area contributed by atoms with Crippen molar-refractivity contribution in [2.45, 2.75) is 36.0 Å². The van der Waals surface area contributed by atoms with E-state index in [2.05, 4.69) is 53.8 Å². The predicted octanol–water partition coefficient (Wildman–Crippen LogP) is 6.20. The van der Waals surface area contributed by atoms with Crippen LogP contribution in [0.25, 0.3) is 0 Å². The number of ether oxygens (including phenoxy) is 1. The molecule has 0 bridgehead atoms. The molecule has 1 N–H and O–H groups in total. The average Bonchev–Trinajstić information content (AvgIpc) is 2.70. The van der Waals surface area contributed by atoms with Crippen molar-refractivity contribution in [2.75, 3.05) is 11.9 Å². The lowest BCUT2D eigenvalue weighted by molar-refractivity contribution is -0.134. The van der Waals surface area contributed by atoms with Crippen LogP contribution in [-0.4, -0.2) is 12.5 Å². The Balaban J connectivity index is 1.57. The molecule has 0 heterocycles. The number of rotatable bonds is 9. The van der Waals surface area contributed by atoms with Crippen LogP contribution < -0.4 is 10.1 Å². The van der Waals surface area contributed by atoms with Gasteiger partial charge in [0.2, 0.25) is 0 Å². The molecule has 0 spiro atoms. The zero-order chi connectivity index (χ0) is 19.6. The summed E-state index contributed by atoms with van der Waals surface area (Å²) < 4.78 is 5.39. The molecule has 3 aromatic carbocycles. The maximum Gasteiger partial charge on any atom is 0.311 e. The molecule has 144 valence electrons. The Morgan fingerprint density at radius 1 is 0.929 bits per heavy atom. The van der Waals surface area contributed by atoms with E-state index < -0.39 is 0 Å². The number of esters is 1. The summed E-state index contributed by atoms with van der Waals surface area (Å²) in [5.74, 6) is 0.412. The van der Waals surface area contributed by atoms with Gasteiger partial charge in [-0.05, 0) is 54.8 Å². The van der Waals surface area contributed by atoms with E-state index in [0.717, 1.165) is 34.9 Å². The largest absolute Gasteiger partial charge is 0.426 e. The normalized spacial score (nSPS) is 10.5. The molecular weight excluding hydrogens is 366 g/mol. The van der Waals surface area contributed by atoms with Crippen LogP contribution in [0.4, 0.5) is 5.69 Å². The molecule has 0 saturated carbocycles. The number of nitrogens with one attached hydrogen (secondary N) is 1. The van der Waals surface area contributed by atoms with Crippen LogP contribution in [-0.2, 0) is 11.2 Å². The van der Waals surface area contributed by atoms with Crippen LogP contribution >= 0.6 is 11.8 Å². The Bertz CT molecular complexity index is 896. The summed E-state index contributed by atoms with van der Waals surface area (Å²) in [6.45, 7) is 2.86. The second-order valence-corrected chi connectivity index (χ2v) is 7.64. The Morgan fingerprint density at radius 3 is 2.46 bits per heavy atom. The van der Waals surface area contributed by atoms with Crippen LogP contribution in [0.3, 0.4) is 0 Å². The highest BCUT2D eigenvalue weighted by Gasteiger charge is 2.05. The fourth-order valence-electron chi connectivity index (χ4n) is 2.79. The highest BCUT2D eigenvalue weighted by Crippen LogP contribution is 2.31. The van der Waals surface area contributed by atoms with Crippen molar-refractivity contribution in [3.8, 4) is 5.75 Å². The van der Waals surface area contributed by atoms with Crippen LogP contribution in [0.2, 0.25) is 0 Å². The molecule has 28 heavy (non-hydrogen) atoms. The molecule has 3 nitrogen and oxygen atoms in total. The monoisotopic (exact) mass is 391 g/mol. The second kappa shape index (κ2) is 10.6. The summed E-state index contributed by atoms with van der Waals surface area (Å²) in [7, 11) is 0. The van der Waals surface area contributed by atoms with Gasteiger partial charge >= 0.3 is 5.97 Å². The zero-order valence-corrected chi connectivity index (χ0v) is 16.9. The quantitative estimate of drug-likeness (QED) is 0.348. The number of anilines is 1. The first-order chi connectivity index (χ1) is 13.7. The molecule has 0 aliphatic carbocycles. The van der Waals surface area contributed by atoms with Gasteiger partial charge in [0.05, 0.1) is 0 Å². The molecular formula is C24H25NO2S. The van der Waals surface area contributed by atoms with Crippen LogP contribution in [0, 0.1) is 0 Å². The van der Waals surface area contributed by atoms with Gasteiger partial charge in [-0.3, -0.25) is 4.79 Å². The predicted molar refractivity (Wildman–Crippen MR) is 116 cm³/mol. The van der Waals surface area contributed by atoms with Gasteiger partial charge in [-0.1, -0.05) is 61.2 Å². The third-order valence-electron chi connectivity index (χ3n) is 4.15. The highest BCUT2D eigenvalue weighted by atomic mass is 32.2. The molecule has 0 atom stereocenters. The van der Waals surface area contributed by atoms with Gasteiger partial charge < -0.3 is 10.1 Å². The number of hydrogen-bond acceptors (Lipinski definition) is 4. The number of carbonyl (C=O) groups is 1. The van der Waals surface area contributed by atoms with Crippen molar-refractivity contribution < 1.29 is 9.53 Å². The van der Waals surface area contributed by atoms with Gasteiger partial charge in [-0.2, -0.15) is 0 Å². The fraction of sp³-hybridized carbons (Fsp3) is 0.208. The standard InChI is InChI=1S/C24H25NO2S/c1-2-8-24(26)27-21-12-7-14-23(18-21)28-22-13-6-11-20(17-22)25-16-15-19-9-4-3-5-10-19/h3-7,9-14,17-18,25H,2,8,15-16H2,1H3. The SMILES string of the molecule is CCCC(=O)Oc1cccc(Sc2cccc(NCCc3ccccc3)c2)c1. The van der Waals surface area contributed by atoms with E-state index in [4.69, 9.17) is 4.74 Å². The van der Waals surface area contributed by atoms with Crippen LogP contribution in [0.1, 0.15) is 25.3 Å². The maximum atomic E-state index is 11.7. The average molecular weight is 392 g/mol. The van der Waals surface area contributed by atoms with Gasteiger partial charge in [0.1, 0.15) is 5.75 Å². The number of hydrogen-bond donors (Lipinski definition) is 1. The fourth-order valence-corrected chi connectivity index (χ4v) is 3.72. The molecule has 0 amide bonds. The molecule has 4 heteroatoms. The Kier molecular flexibility index (Phi) is 7.56. The first-order valence-corrected chi connectivity index (χ1v) is 10.4. The highest BCUT2D eigenvalue weighted by molar-refractivity contribution is 7.99. The van der Waals surface area contributed by atoms with E-state index >= 15 is 0 Å². The molecule has 3 aromatic rings. The third-order valence-corrected chi connectivity index (χ3v) is 5.13. The molecule has 0 saturated heterocycles. The van der Waals surface area contributed by atoms with Crippen molar-refractivity contribution >= 4 is 23.4 Å². The summed E-state index contributed by atoms with van der Waals surface area (Å²) in [5.41, 5.74) is 2.43. The zero-order valence-electron chi connectivity index (χ0n) is 16.1. The van der Waals surface area contributed by atoms with Crippen molar-refractivity contribution in [3.63, 3.8) is 0 Å². The minimum atomic E-state index is -0.186. The molecule has 0 radical (unpaired) electrons. The van der Waals surface area contributed by atoms with Crippen LogP contribution in [0.15, 0.2) is 88.7 Å². The summed E-state index contributed by atoms with van der Waals surface area (Å²) in [6, 6.07) is 26.5. The Labute approximate surface area is 171 Å². The Hall–Kier alpha value is -2.72. The van der Waals surface area contributed by atoms with Crippen molar-refractivity contribution in [3.05, 3.63) is 84.4 Å². The topological polar surface area (TPSA) is 38.3 Å². The minimum Gasteiger partial charge on any atom is -0.426 e. The van der Waals surface area contributed by atoms with Crippen LogP contribution in [0.5, 0.6) is 5.75 Å². The van der Waals surface area contributed by atoms with Crippen molar-refractivity contribution in [1.29, 1.82) is 0 Å². The molecule has 0 aliphatic rings. The Morgan fingerprint density at radius 2 is 1.68 bits per heavy atom. The van der Waals surface area contributed by atoms with Gasteiger partial charge in [0, 0.05) is 28.4 Å². The molecule has 0 aliphatic heterocycles. The lowest BCUT2D eigenvalue weighted by Crippen LogP contribution is -2.06. The lowest BCUT2D eigenvalue weighted by atomic mass is 10.1. The van der Waals surface area contributed by atoms with E-state index in [-0.39, 0.29) is 5.97 Å². The smallest absolute Gasteiger partial charge is 0.311 e. The van der Waals surface area contributed by atoms with E-state index in [1.165, 1.54) is 5.56 Å². The summed E-state index contributed by atoms with van der Waals surface area (Å²) in [6.07, 6.45) is 2.22. The summed E-state index contributed by atoms with van der Waals surface area (Å²) in [5, 5.41) is 3.49. The summed E-state index contributed by atoms with van der Waals surface area (Å²) in [4.78, 5) is 13.9. The first kappa shape index (κ1) is 20.0. The van der Waals surface area contributed by atoms with Gasteiger partial charge in [0.15, 0.2) is 0 Å². The minimum absolute atomic E-state index is 0.186. The van der Waals surface area contributed by atoms with Gasteiger partial charge in [-0.15, -0.1) is 0 Å². The van der Waals surface area contributed by atoms with Gasteiger partial charge in [0.25, 0.3) is 0 Å². The first-order valence-electron chi connectivity index (χ1n) is 9.59. The third kappa shape index (κ3) is 6.46. The van der Waals surface area contributed by atoms with Crippen molar-refractivity contribution in [2.24, 2.45) is 0 Å². The van der Waals surface area contributed by atoms with E-state index in [1.807, 2.05) is 37.3 Å². The second-order valence-electron chi connectivity index (χ2n) is 6.49. The molecule has 0 fully saturated rings. The van der Waals surface area contributed by atoms with E-state index in [9.17, 15) is 4.79 Å². The van der Waals surface area contributed by atoms with Crippen molar-refractivity contribution in [1.82, 2.24) is 0 Å². The van der Waals surface area contributed by atoms with E-state index in [0.29, 0.717) is 12.2 Å².